The second-order valence-electron chi connectivity index (χ2n) is 6.54. The molecule has 1 aliphatic heterocycles. The van der Waals surface area contributed by atoms with Crippen LogP contribution in [0.15, 0.2) is 30.6 Å². The summed E-state index contributed by atoms with van der Waals surface area (Å²) in [6, 6.07) is 5.77. The van der Waals surface area contributed by atoms with E-state index in [0.717, 1.165) is 47.7 Å². The second-order valence-corrected chi connectivity index (χ2v) is 6.54. The standard InChI is InChI=1S/C18H18N8/c1-11-15-17(25(2)24-11)21-16(14-5-3-4-7-19-14)22-18(15)26-8-6-13-12(10-26)9-20-23-13/h3-5,7,9H,6,8,10H2,1-2H3,(H,20,23). The summed E-state index contributed by atoms with van der Waals surface area (Å²) in [5, 5.41) is 12.8. The molecule has 5 rings (SSSR count). The molecule has 0 fully saturated rings. The lowest BCUT2D eigenvalue weighted by Gasteiger charge is -2.28. The summed E-state index contributed by atoms with van der Waals surface area (Å²) in [5.74, 6) is 1.53. The molecule has 26 heavy (non-hydrogen) atoms. The molecule has 1 N–H and O–H groups in total. The minimum atomic E-state index is 0.620. The minimum absolute atomic E-state index is 0.620. The third-order valence-corrected chi connectivity index (χ3v) is 4.83. The highest BCUT2D eigenvalue weighted by Gasteiger charge is 2.24. The number of aromatic amines is 1. The SMILES string of the molecule is Cc1nn(C)c2nc(-c3ccccn3)nc(N3CCc4[nH]ncc4C3)c12. The van der Waals surface area contributed by atoms with E-state index in [4.69, 9.17) is 9.97 Å². The second kappa shape index (κ2) is 5.62. The first-order chi connectivity index (χ1) is 12.7. The molecule has 0 unspecified atom stereocenters. The molecule has 0 aromatic carbocycles. The lowest BCUT2D eigenvalue weighted by atomic mass is 10.1. The fourth-order valence-corrected chi connectivity index (χ4v) is 3.56. The summed E-state index contributed by atoms with van der Waals surface area (Å²) >= 11 is 0. The number of H-pyrrole nitrogens is 1. The molecule has 0 aliphatic carbocycles. The summed E-state index contributed by atoms with van der Waals surface area (Å²) in [4.78, 5) is 16.3. The average molecular weight is 346 g/mol. The van der Waals surface area contributed by atoms with Crippen LogP contribution in [-0.2, 0) is 20.0 Å². The van der Waals surface area contributed by atoms with Crippen LogP contribution in [0.1, 0.15) is 17.0 Å². The maximum absolute atomic E-state index is 4.89. The third kappa shape index (κ3) is 2.26. The minimum Gasteiger partial charge on any atom is -0.351 e. The van der Waals surface area contributed by atoms with E-state index < -0.39 is 0 Å². The maximum atomic E-state index is 4.89. The first-order valence-corrected chi connectivity index (χ1v) is 8.59. The van der Waals surface area contributed by atoms with Crippen molar-refractivity contribution in [2.24, 2.45) is 7.05 Å². The highest BCUT2D eigenvalue weighted by atomic mass is 15.3. The summed E-state index contributed by atoms with van der Waals surface area (Å²) in [6.45, 7) is 3.65. The molecular formula is C18H18N8. The van der Waals surface area contributed by atoms with Crippen molar-refractivity contribution in [1.82, 2.24) is 34.9 Å². The van der Waals surface area contributed by atoms with Crippen molar-refractivity contribution < 1.29 is 0 Å². The van der Waals surface area contributed by atoms with Gasteiger partial charge in [0, 0.05) is 44.0 Å². The van der Waals surface area contributed by atoms with Gasteiger partial charge >= 0.3 is 0 Å². The molecule has 0 saturated heterocycles. The molecule has 8 nitrogen and oxygen atoms in total. The van der Waals surface area contributed by atoms with Crippen molar-refractivity contribution in [3.63, 3.8) is 0 Å². The molecule has 130 valence electrons. The quantitative estimate of drug-likeness (QED) is 0.597. The van der Waals surface area contributed by atoms with Gasteiger partial charge in [0.15, 0.2) is 11.5 Å². The van der Waals surface area contributed by atoms with Crippen molar-refractivity contribution in [2.45, 2.75) is 19.9 Å². The average Bonchev–Trinajstić information content (AvgIpc) is 3.25. The van der Waals surface area contributed by atoms with Gasteiger partial charge in [0.1, 0.15) is 11.5 Å². The molecule has 0 bridgehead atoms. The zero-order valence-electron chi connectivity index (χ0n) is 14.6. The van der Waals surface area contributed by atoms with Gasteiger partial charge in [0.2, 0.25) is 0 Å². The van der Waals surface area contributed by atoms with Crippen LogP contribution in [0.2, 0.25) is 0 Å². The predicted octanol–water partition coefficient (Wildman–Crippen LogP) is 2.02. The normalized spacial score (nSPS) is 14.0. The molecule has 0 radical (unpaired) electrons. The molecule has 5 heterocycles. The molecule has 4 aromatic heterocycles. The van der Waals surface area contributed by atoms with Crippen LogP contribution in [0.25, 0.3) is 22.6 Å². The number of anilines is 1. The third-order valence-electron chi connectivity index (χ3n) is 4.83. The van der Waals surface area contributed by atoms with Crippen LogP contribution < -0.4 is 4.90 Å². The van der Waals surface area contributed by atoms with E-state index >= 15 is 0 Å². The van der Waals surface area contributed by atoms with Crippen LogP contribution in [0.4, 0.5) is 5.82 Å². The lowest BCUT2D eigenvalue weighted by molar-refractivity contribution is 0.712. The van der Waals surface area contributed by atoms with Crippen molar-refractivity contribution in [3.05, 3.63) is 47.5 Å². The number of hydrogen-bond acceptors (Lipinski definition) is 6. The van der Waals surface area contributed by atoms with Crippen molar-refractivity contribution >= 4 is 16.9 Å². The summed E-state index contributed by atoms with van der Waals surface area (Å²) in [6.07, 6.45) is 4.57. The Morgan fingerprint density at radius 3 is 2.96 bits per heavy atom. The van der Waals surface area contributed by atoms with Gasteiger partial charge in [0.05, 0.1) is 17.3 Å². The molecule has 0 amide bonds. The zero-order chi connectivity index (χ0) is 17.7. The smallest absolute Gasteiger partial charge is 0.182 e. The van der Waals surface area contributed by atoms with Crippen molar-refractivity contribution in [3.8, 4) is 11.5 Å². The Kier molecular flexibility index (Phi) is 3.24. The molecular weight excluding hydrogens is 328 g/mol. The topological polar surface area (TPSA) is 88.4 Å². The van der Waals surface area contributed by atoms with Crippen LogP contribution in [0.5, 0.6) is 0 Å². The van der Waals surface area contributed by atoms with Crippen LogP contribution in [-0.4, -0.2) is 41.5 Å². The van der Waals surface area contributed by atoms with E-state index in [2.05, 4.69) is 25.2 Å². The molecule has 1 aliphatic rings. The van der Waals surface area contributed by atoms with Gasteiger partial charge in [-0.3, -0.25) is 14.8 Å². The number of aryl methyl sites for hydroxylation is 2. The van der Waals surface area contributed by atoms with Crippen molar-refractivity contribution in [1.29, 1.82) is 0 Å². The largest absolute Gasteiger partial charge is 0.351 e. The fourth-order valence-electron chi connectivity index (χ4n) is 3.56. The van der Waals surface area contributed by atoms with E-state index in [9.17, 15) is 0 Å². The summed E-state index contributed by atoms with van der Waals surface area (Å²) < 4.78 is 1.81. The Labute approximate surface area is 149 Å². The van der Waals surface area contributed by atoms with Crippen molar-refractivity contribution in [2.75, 3.05) is 11.4 Å². The molecule has 4 aromatic rings. The fraction of sp³-hybridized carbons (Fsp3) is 0.278. The number of rotatable bonds is 2. The van der Waals surface area contributed by atoms with Gasteiger partial charge in [-0.15, -0.1) is 0 Å². The Morgan fingerprint density at radius 2 is 2.12 bits per heavy atom. The Balaban J connectivity index is 1.71. The Hall–Kier alpha value is -3.29. The van der Waals surface area contributed by atoms with Gasteiger partial charge in [0.25, 0.3) is 0 Å². The van der Waals surface area contributed by atoms with Crippen LogP contribution in [0, 0.1) is 6.92 Å². The van der Waals surface area contributed by atoms with E-state index in [1.807, 2.05) is 43.0 Å². The first kappa shape index (κ1) is 15.0. The number of fused-ring (bicyclic) bond motifs is 2. The van der Waals surface area contributed by atoms with E-state index in [1.165, 1.54) is 11.3 Å². The highest BCUT2D eigenvalue weighted by Crippen LogP contribution is 2.31. The molecule has 0 spiro atoms. The first-order valence-electron chi connectivity index (χ1n) is 8.59. The molecule has 0 atom stereocenters. The van der Waals surface area contributed by atoms with Gasteiger partial charge in [-0.05, 0) is 19.1 Å². The number of nitrogens with one attached hydrogen (secondary N) is 1. The van der Waals surface area contributed by atoms with Gasteiger partial charge in [-0.25, -0.2) is 9.97 Å². The van der Waals surface area contributed by atoms with E-state index in [0.29, 0.717) is 5.82 Å². The predicted molar refractivity (Wildman–Crippen MR) is 97.6 cm³/mol. The lowest BCUT2D eigenvalue weighted by Crippen LogP contribution is -2.31. The number of pyridine rings is 1. The maximum Gasteiger partial charge on any atom is 0.182 e. The Bertz CT molecular complexity index is 1100. The number of nitrogens with zero attached hydrogens (tertiary/aromatic N) is 7. The monoisotopic (exact) mass is 346 g/mol. The van der Waals surface area contributed by atoms with Gasteiger partial charge < -0.3 is 4.90 Å². The molecule has 8 heteroatoms. The van der Waals surface area contributed by atoms with Gasteiger partial charge in [-0.1, -0.05) is 6.07 Å². The molecule has 0 saturated carbocycles. The number of aromatic nitrogens is 7. The van der Waals surface area contributed by atoms with E-state index in [1.54, 1.807) is 6.20 Å². The van der Waals surface area contributed by atoms with E-state index in [-0.39, 0.29) is 0 Å². The summed E-state index contributed by atoms with van der Waals surface area (Å²) in [7, 11) is 1.92. The highest BCUT2D eigenvalue weighted by molar-refractivity contribution is 5.91. The Morgan fingerprint density at radius 1 is 1.19 bits per heavy atom. The summed E-state index contributed by atoms with van der Waals surface area (Å²) in [5.41, 5.74) is 4.94. The van der Waals surface area contributed by atoms with Gasteiger partial charge in [-0.2, -0.15) is 10.2 Å². The number of hydrogen-bond donors (Lipinski definition) is 1. The van der Waals surface area contributed by atoms with Crippen LogP contribution in [0.3, 0.4) is 0 Å². The van der Waals surface area contributed by atoms with Crippen LogP contribution >= 0.6 is 0 Å². The zero-order valence-corrected chi connectivity index (χ0v) is 14.6.